The standard InChI is InChI=1S/C26H24N4O3/c27-17-8-18-30(23-13-5-2-6-14-23)25(32)16-15-24(31)28-21-11-7-12-22(19-21)29-26(33)20-9-3-1-4-10-20/h1-7,9-14,19H,8,15-16,18H2,(H,28,31)(H,29,33). The molecular weight excluding hydrogens is 416 g/mol. The number of carbonyl (C=O) groups excluding carboxylic acids is 3. The smallest absolute Gasteiger partial charge is 0.255 e. The molecule has 0 fully saturated rings. The Labute approximate surface area is 192 Å². The lowest BCUT2D eigenvalue weighted by Crippen LogP contribution is -2.32. The topological polar surface area (TPSA) is 102 Å². The summed E-state index contributed by atoms with van der Waals surface area (Å²) in [4.78, 5) is 39.0. The number of hydrogen-bond acceptors (Lipinski definition) is 4. The van der Waals surface area contributed by atoms with Crippen molar-refractivity contribution in [2.45, 2.75) is 19.3 Å². The van der Waals surface area contributed by atoms with Crippen molar-refractivity contribution in [3.05, 3.63) is 90.5 Å². The number of nitriles is 1. The molecule has 2 N–H and O–H groups in total. The molecule has 0 saturated heterocycles. The van der Waals surface area contributed by atoms with Crippen molar-refractivity contribution < 1.29 is 14.4 Å². The maximum Gasteiger partial charge on any atom is 0.255 e. The van der Waals surface area contributed by atoms with E-state index < -0.39 is 0 Å². The predicted molar refractivity (Wildman–Crippen MR) is 128 cm³/mol. The van der Waals surface area contributed by atoms with Gasteiger partial charge in [-0.05, 0) is 42.5 Å². The van der Waals surface area contributed by atoms with Gasteiger partial charge in [0.15, 0.2) is 0 Å². The highest BCUT2D eigenvalue weighted by molar-refractivity contribution is 6.04. The minimum absolute atomic E-state index is 0.00464. The van der Waals surface area contributed by atoms with Gasteiger partial charge in [-0.15, -0.1) is 0 Å². The Morgan fingerprint density at radius 2 is 1.42 bits per heavy atom. The van der Waals surface area contributed by atoms with E-state index in [-0.39, 0.29) is 43.5 Å². The summed E-state index contributed by atoms with van der Waals surface area (Å²) in [7, 11) is 0. The van der Waals surface area contributed by atoms with E-state index in [2.05, 4.69) is 10.6 Å². The van der Waals surface area contributed by atoms with Crippen LogP contribution in [0.2, 0.25) is 0 Å². The molecule has 0 atom stereocenters. The van der Waals surface area contributed by atoms with Crippen LogP contribution >= 0.6 is 0 Å². The quantitative estimate of drug-likeness (QED) is 0.507. The molecule has 7 nitrogen and oxygen atoms in total. The third-order valence-electron chi connectivity index (χ3n) is 4.82. The Balaban J connectivity index is 1.56. The molecule has 0 aliphatic carbocycles. The van der Waals surface area contributed by atoms with Gasteiger partial charge in [0.25, 0.3) is 5.91 Å². The summed E-state index contributed by atoms with van der Waals surface area (Å²) in [6.45, 7) is 0.268. The number of anilines is 3. The summed E-state index contributed by atoms with van der Waals surface area (Å²) in [5, 5.41) is 14.4. The van der Waals surface area contributed by atoms with Crippen LogP contribution in [0, 0.1) is 11.3 Å². The van der Waals surface area contributed by atoms with Crippen molar-refractivity contribution in [3.8, 4) is 6.07 Å². The van der Waals surface area contributed by atoms with Gasteiger partial charge in [0.05, 0.1) is 12.5 Å². The van der Waals surface area contributed by atoms with E-state index in [1.165, 1.54) is 4.90 Å². The van der Waals surface area contributed by atoms with Crippen molar-refractivity contribution in [3.63, 3.8) is 0 Å². The SMILES string of the molecule is N#CCCN(C(=O)CCC(=O)Nc1cccc(NC(=O)c2ccccc2)c1)c1ccccc1. The average Bonchev–Trinajstić information content (AvgIpc) is 2.84. The Morgan fingerprint density at radius 1 is 0.788 bits per heavy atom. The third kappa shape index (κ3) is 7.04. The summed E-state index contributed by atoms with van der Waals surface area (Å²) >= 11 is 0. The van der Waals surface area contributed by atoms with Crippen molar-refractivity contribution in [1.29, 1.82) is 5.26 Å². The van der Waals surface area contributed by atoms with E-state index in [4.69, 9.17) is 5.26 Å². The molecule has 0 bridgehead atoms. The normalized spacial score (nSPS) is 10.0. The van der Waals surface area contributed by atoms with Crippen LogP contribution in [-0.2, 0) is 9.59 Å². The van der Waals surface area contributed by atoms with Gasteiger partial charge < -0.3 is 15.5 Å². The second-order valence-corrected chi connectivity index (χ2v) is 7.24. The maximum absolute atomic E-state index is 12.7. The number of rotatable bonds is 9. The molecule has 0 aromatic heterocycles. The highest BCUT2D eigenvalue weighted by Crippen LogP contribution is 2.18. The molecule has 0 saturated carbocycles. The van der Waals surface area contributed by atoms with Crippen LogP contribution in [0.4, 0.5) is 17.1 Å². The fourth-order valence-electron chi connectivity index (χ4n) is 3.21. The van der Waals surface area contributed by atoms with Crippen molar-refractivity contribution in [2.75, 3.05) is 22.1 Å². The van der Waals surface area contributed by atoms with E-state index in [9.17, 15) is 14.4 Å². The molecule has 3 aromatic rings. The molecule has 0 radical (unpaired) electrons. The van der Waals surface area contributed by atoms with Gasteiger partial charge in [0.1, 0.15) is 0 Å². The number of hydrogen-bond donors (Lipinski definition) is 2. The first-order valence-electron chi connectivity index (χ1n) is 10.6. The first kappa shape index (κ1) is 23.2. The molecule has 0 aliphatic rings. The van der Waals surface area contributed by atoms with E-state index in [0.29, 0.717) is 22.6 Å². The molecular formula is C26H24N4O3. The van der Waals surface area contributed by atoms with Crippen molar-refractivity contribution in [2.24, 2.45) is 0 Å². The number of nitrogens with one attached hydrogen (secondary N) is 2. The lowest BCUT2D eigenvalue weighted by molar-refractivity contribution is -0.122. The van der Waals surface area contributed by atoms with Crippen molar-refractivity contribution in [1.82, 2.24) is 0 Å². The molecule has 3 aromatic carbocycles. The van der Waals surface area contributed by atoms with Crippen LogP contribution in [0.25, 0.3) is 0 Å². The summed E-state index contributed by atoms with van der Waals surface area (Å²) in [5.41, 5.74) is 2.29. The van der Waals surface area contributed by atoms with Crippen LogP contribution in [0.1, 0.15) is 29.6 Å². The van der Waals surface area contributed by atoms with Gasteiger partial charge in [-0.1, -0.05) is 42.5 Å². The van der Waals surface area contributed by atoms with Gasteiger partial charge in [0, 0.05) is 42.0 Å². The second kappa shape index (κ2) is 11.8. The molecule has 0 aliphatic heterocycles. The minimum Gasteiger partial charge on any atom is -0.326 e. The van der Waals surface area contributed by atoms with Crippen molar-refractivity contribution >= 4 is 34.8 Å². The van der Waals surface area contributed by atoms with Crippen LogP contribution in [0.5, 0.6) is 0 Å². The maximum atomic E-state index is 12.7. The first-order valence-corrected chi connectivity index (χ1v) is 10.6. The molecule has 3 rings (SSSR count). The first-order chi connectivity index (χ1) is 16.1. The Kier molecular flexibility index (Phi) is 8.32. The second-order valence-electron chi connectivity index (χ2n) is 7.24. The third-order valence-corrected chi connectivity index (χ3v) is 4.82. The lowest BCUT2D eigenvalue weighted by Gasteiger charge is -2.21. The fraction of sp³-hybridized carbons (Fsp3) is 0.154. The average molecular weight is 441 g/mol. The summed E-state index contributed by atoms with van der Waals surface area (Å²) in [6, 6.07) is 26.8. The largest absolute Gasteiger partial charge is 0.326 e. The van der Waals surface area contributed by atoms with Gasteiger partial charge in [-0.3, -0.25) is 14.4 Å². The molecule has 3 amide bonds. The Bertz CT molecular complexity index is 1140. The monoisotopic (exact) mass is 440 g/mol. The van der Waals surface area contributed by atoms with Crippen LogP contribution in [0.15, 0.2) is 84.9 Å². The van der Waals surface area contributed by atoms with Gasteiger partial charge in [-0.25, -0.2) is 0 Å². The zero-order valence-electron chi connectivity index (χ0n) is 18.0. The molecule has 166 valence electrons. The Hall–Kier alpha value is -4.44. The summed E-state index contributed by atoms with van der Waals surface area (Å²) < 4.78 is 0. The summed E-state index contributed by atoms with van der Waals surface area (Å²) in [5.74, 6) is -0.790. The van der Waals surface area contributed by atoms with Gasteiger partial charge in [0.2, 0.25) is 11.8 Å². The zero-order valence-corrected chi connectivity index (χ0v) is 18.0. The highest BCUT2D eigenvalue weighted by atomic mass is 16.2. The van der Waals surface area contributed by atoms with E-state index in [1.807, 2.05) is 30.3 Å². The lowest BCUT2D eigenvalue weighted by atomic mass is 10.2. The number of amides is 3. The van der Waals surface area contributed by atoms with E-state index >= 15 is 0 Å². The minimum atomic E-state index is -0.316. The molecule has 7 heteroatoms. The number of para-hydroxylation sites is 1. The number of carbonyl (C=O) groups is 3. The molecule has 0 spiro atoms. The molecule has 0 heterocycles. The van der Waals surface area contributed by atoms with Gasteiger partial charge in [-0.2, -0.15) is 5.26 Å². The van der Waals surface area contributed by atoms with E-state index in [1.54, 1.807) is 60.7 Å². The van der Waals surface area contributed by atoms with Crippen LogP contribution in [0.3, 0.4) is 0 Å². The van der Waals surface area contributed by atoms with Crippen LogP contribution in [-0.4, -0.2) is 24.3 Å². The van der Waals surface area contributed by atoms with Gasteiger partial charge >= 0.3 is 0 Å². The predicted octanol–water partition coefficient (Wildman–Crippen LogP) is 4.60. The number of benzene rings is 3. The highest BCUT2D eigenvalue weighted by Gasteiger charge is 2.17. The molecule has 33 heavy (non-hydrogen) atoms. The van der Waals surface area contributed by atoms with E-state index in [0.717, 1.165) is 0 Å². The van der Waals surface area contributed by atoms with Crippen LogP contribution < -0.4 is 15.5 Å². The number of nitrogens with zero attached hydrogens (tertiary/aromatic N) is 2. The fourth-order valence-corrected chi connectivity index (χ4v) is 3.21. The summed E-state index contributed by atoms with van der Waals surface area (Å²) in [6.07, 6.45) is 0.209. The molecule has 0 unspecified atom stereocenters. The Morgan fingerprint density at radius 3 is 2.09 bits per heavy atom. The zero-order chi connectivity index (χ0) is 23.5.